The Morgan fingerprint density at radius 1 is 1.70 bits per heavy atom. The lowest BCUT2D eigenvalue weighted by Gasteiger charge is -2.24. The van der Waals surface area contributed by atoms with Gasteiger partial charge < -0.3 is 10.5 Å². The third-order valence-corrected chi connectivity index (χ3v) is 1.98. The van der Waals surface area contributed by atoms with Crippen molar-refractivity contribution >= 4 is 17.5 Å². The van der Waals surface area contributed by atoms with Crippen molar-refractivity contribution in [3.8, 4) is 0 Å². The fourth-order valence-corrected chi connectivity index (χ4v) is 1.36. The first kappa shape index (κ1) is 7.82. The summed E-state index contributed by atoms with van der Waals surface area (Å²) in [7, 11) is 0. The van der Waals surface area contributed by atoms with Crippen LogP contribution >= 0.6 is 11.6 Å². The average molecular weight is 164 g/mol. The average Bonchev–Trinajstić information content (AvgIpc) is 1.88. The fourth-order valence-electron chi connectivity index (χ4n) is 1.00. The lowest BCUT2D eigenvalue weighted by Crippen LogP contribution is -2.41. The van der Waals surface area contributed by atoms with Gasteiger partial charge in [-0.1, -0.05) is 0 Å². The van der Waals surface area contributed by atoms with Gasteiger partial charge in [0.15, 0.2) is 6.10 Å². The zero-order valence-electron chi connectivity index (χ0n) is 5.55. The molecule has 1 saturated heterocycles. The number of rotatable bonds is 1. The topological polar surface area (TPSA) is 52.3 Å². The summed E-state index contributed by atoms with van der Waals surface area (Å²) in [6, 6.07) is 0. The van der Waals surface area contributed by atoms with E-state index in [-0.39, 0.29) is 5.38 Å². The second-order valence-corrected chi connectivity index (χ2v) is 2.91. The molecular weight excluding hydrogens is 154 g/mol. The molecule has 4 heteroatoms. The number of carbonyl (C=O) groups is 1. The number of alkyl halides is 1. The summed E-state index contributed by atoms with van der Waals surface area (Å²) in [5, 5.41) is -0.230. The van der Waals surface area contributed by atoms with Crippen LogP contribution in [0.5, 0.6) is 0 Å². The monoisotopic (exact) mass is 163 g/mol. The summed E-state index contributed by atoms with van der Waals surface area (Å²) in [4.78, 5) is 10.6. The van der Waals surface area contributed by atoms with Crippen molar-refractivity contribution in [1.82, 2.24) is 0 Å². The van der Waals surface area contributed by atoms with Crippen molar-refractivity contribution in [2.45, 2.75) is 24.3 Å². The van der Waals surface area contributed by atoms with Gasteiger partial charge in [0.25, 0.3) is 0 Å². The molecule has 2 unspecified atom stereocenters. The Hall–Kier alpha value is -0.280. The van der Waals surface area contributed by atoms with Crippen molar-refractivity contribution in [2.24, 2.45) is 5.73 Å². The molecule has 2 N–H and O–H groups in total. The number of hydrogen-bond donors (Lipinski definition) is 1. The van der Waals surface area contributed by atoms with E-state index in [4.69, 9.17) is 22.1 Å². The minimum absolute atomic E-state index is 0.230. The second-order valence-electron chi connectivity index (χ2n) is 2.35. The van der Waals surface area contributed by atoms with Gasteiger partial charge in [0.05, 0.1) is 5.38 Å². The Labute approximate surface area is 64.5 Å². The lowest BCUT2D eigenvalue weighted by atomic mass is 10.1. The fraction of sp³-hybridized carbons (Fsp3) is 0.833. The number of hydrogen-bond acceptors (Lipinski definition) is 2. The van der Waals surface area contributed by atoms with Crippen LogP contribution in [0.2, 0.25) is 0 Å². The molecule has 0 aromatic rings. The quantitative estimate of drug-likeness (QED) is 0.564. The van der Waals surface area contributed by atoms with Crippen molar-refractivity contribution in [3.05, 3.63) is 0 Å². The molecule has 58 valence electrons. The Balaban J connectivity index is 2.47. The van der Waals surface area contributed by atoms with E-state index >= 15 is 0 Å². The number of halogens is 1. The summed E-state index contributed by atoms with van der Waals surface area (Å²) >= 11 is 5.75. The molecule has 0 bridgehead atoms. The first-order valence-corrected chi connectivity index (χ1v) is 3.70. The van der Waals surface area contributed by atoms with Gasteiger partial charge in [0.2, 0.25) is 5.91 Å². The predicted molar refractivity (Wildman–Crippen MR) is 37.8 cm³/mol. The van der Waals surface area contributed by atoms with E-state index in [1.807, 2.05) is 0 Å². The zero-order chi connectivity index (χ0) is 7.56. The minimum Gasteiger partial charge on any atom is -0.367 e. The minimum atomic E-state index is -0.574. The van der Waals surface area contributed by atoms with Crippen molar-refractivity contribution in [3.63, 3.8) is 0 Å². The van der Waals surface area contributed by atoms with Gasteiger partial charge in [-0.25, -0.2) is 0 Å². The highest BCUT2D eigenvalue weighted by atomic mass is 35.5. The molecule has 0 saturated carbocycles. The van der Waals surface area contributed by atoms with E-state index in [9.17, 15) is 4.79 Å². The molecular formula is C6H10ClNO2. The van der Waals surface area contributed by atoms with Gasteiger partial charge in [0, 0.05) is 6.61 Å². The SMILES string of the molecule is NC(=O)C1OCCCC1Cl. The number of primary amides is 1. The molecule has 1 aliphatic heterocycles. The molecule has 0 aliphatic carbocycles. The van der Waals surface area contributed by atoms with E-state index < -0.39 is 12.0 Å². The van der Waals surface area contributed by atoms with Crippen molar-refractivity contribution < 1.29 is 9.53 Å². The van der Waals surface area contributed by atoms with Crippen LogP contribution < -0.4 is 5.73 Å². The van der Waals surface area contributed by atoms with Crippen LogP contribution in [0.3, 0.4) is 0 Å². The third-order valence-electron chi connectivity index (χ3n) is 1.53. The maximum Gasteiger partial charge on any atom is 0.248 e. The molecule has 1 heterocycles. The highest BCUT2D eigenvalue weighted by molar-refractivity contribution is 6.22. The summed E-state index contributed by atoms with van der Waals surface area (Å²) in [5.41, 5.74) is 5.01. The van der Waals surface area contributed by atoms with Crippen LogP contribution in [0.4, 0.5) is 0 Å². The third kappa shape index (κ3) is 1.61. The molecule has 2 atom stereocenters. The van der Waals surface area contributed by atoms with Crippen LogP contribution in [0, 0.1) is 0 Å². The number of nitrogens with two attached hydrogens (primary N) is 1. The molecule has 0 spiro atoms. The highest BCUT2D eigenvalue weighted by Gasteiger charge is 2.28. The Morgan fingerprint density at radius 3 is 2.80 bits per heavy atom. The van der Waals surface area contributed by atoms with Gasteiger partial charge in [-0.05, 0) is 12.8 Å². The Bertz CT molecular complexity index is 140. The second kappa shape index (κ2) is 3.21. The van der Waals surface area contributed by atoms with Gasteiger partial charge in [-0.2, -0.15) is 0 Å². The van der Waals surface area contributed by atoms with Crippen LogP contribution in [0.25, 0.3) is 0 Å². The van der Waals surface area contributed by atoms with E-state index in [0.717, 1.165) is 12.8 Å². The number of ether oxygens (including phenoxy) is 1. The highest BCUT2D eigenvalue weighted by Crippen LogP contribution is 2.18. The van der Waals surface area contributed by atoms with E-state index in [1.54, 1.807) is 0 Å². The van der Waals surface area contributed by atoms with Gasteiger partial charge in [0.1, 0.15) is 0 Å². The first-order valence-electron chi connectivity index (χ1n) is 3.27. The van der Waals surface area contributed by atoms with Gasteiger partial charge >= 0.3 is 0 Å². The Kier molecular flexibility index (Phi) is 2.51. The normalized spacial score (nSPS) is 33.7. The van der Waals surface area contributed by atoms with Crippen LogP contribution in [-0.4, -0.2) is 24.0 Å². The number of amides is 1. The van der Waals surface area contributed by atoms with Crippen molar-refractivity contribution in [2.75, 3.05) is 6.61 Å². The van der Waals surface area contributed by atoms with E-state index in [0.29, 0.717) is 6.61 Å². The molecule has 0 radical (unpaired) electrons. The van der Waals surface area contributed by atoms with Crippen LogP contribution in [-0.2, 0) is 9.53 Å². The molecule has 1 aliphatic rings. The summed E-state index contributed by atoms with van der Waals surface area (Å²) in [6.07, 6.45) is 1.16. The summed E-state index contributed by atoms with van der Waals surface area (Å²) in [6.45, 7) is 0.594. The smallest absolute Gasteiger partial charge is 0.248 e. The first-order chi connectivity index (χ1) is 4.72. The molecule has 0 aromatic carbocycles. The zero-order valence-corrected chi connectivity index (χ0v) is 6.30. The van der Waals surface area contributed by atoms with Crippen LogP contribution in [0.15, 0.2) is 0 Å². The Morgan fingerprint density at radius 2 is 2.40 bits per heavy atom. The van der Waals surface area contributed by atoms with Gasteiger partial charge in [-0.3, -0.25) is 4.79 Å². The van der Waals surface area contributed by atoms with E-state index in [2.05, 4.69) is 0 Å². The largest absolute Gasteiger partial charge is 0.367 e. The molecule has 3 nitrogen and oxygen atoms in total. The summed E-state index contributed by atoms with van der Waals surface area (Å²) < 4.78 is 5.05. The van der Waals surface area contributed by atoms with E-state index in [1.165, 1.54) is 0 Å². The maximum atomic E-state index is 10.6. The predicted octanol–water partition coefficient (Wildman–Crippen LogP) is 0.258. The number of carbonyl (C=O) groups excluding carboxylic acids is 1. The molecule has 10 heavy (non-hydrogen) atoms. The summed E-state index contributed by atoms with van der Waals surface area (Å²) in [5.74, 6) is -0.459. The maximum absolute atomic E-state index is 10.6. The van der Waals surface area contributed by atoms with Crippen LogP contribution in [0.1, 0.15) is 12.8 Å². The molecule has 1 amide bonds. The van der Waals surface area contributed by atoms with Crippen molar-refractivity contribution in [1.29, 1.82) is 0 Å². The molecule has 1 fully saturated rings. The molecule has 1 rings (SSSR count). The molecule has 0 aromatic heterocycles. The van der Waals surface area contributed by atoms with Gasteiger partial charge in [-0.15, -0.1) is 11.6 Å². The lowest BCUT2D eigenvalue weighted by molar-refractivity contribution is -0.131. The standard InChI is InChI=1S/C6H10ClNO2/c7-4-2-1-3-10-5(4)6(8)9/h4-5H,1-3H2,(H2,8,9).